The number of allylic oxidation sites excluding steroid dienone is 1. The van der Waals surface area contributed by atoms with E-state index in [-0.39, 0.29) is 5.78 Å². The molecule has 0 N–H and O–H groups in total. The number of hydrogen-bond acceptors (Lipinski definition) is 3. The fourth-order valence-corrected chi connectivity index (χ4v) is 2.75. The van der Waals surface area contributed by atoms with Crippen LogP contribution in [0.4, 0.5) is 0 Å². The smallest absolute Gasteiger partial charge is 0.210 e. The van der Waals surface area contributed by atoms with Crippen LogP contribution in [0.25, 0.3) is 0 Å². The van der Waals surface area contributed by atoms with E-state index in [2.05, 4.69) is 30.3 Å². The van der Waals surface area contributed by atoms with E-state index in [4.69, 9.17) is 0 Å². The molecule has 118 valence electrons. The lowest BCUT2D eigenvalue weighted by Gasteiger charge is -2.20. The lowest BCUT2D eigenvalue weighted by atomic mass is 9.94. The predicted molar refractivity (Wildman–Crippen MR) is 87.8 cm³/mol. The van der Waals surface area contributed by atoms with Crippen LogP contribution in [-0.4, -0.2) is 34.3 Å². The van der Waals surface area contributed by atoms with Gasteiger partial charge in [-0.3, -0.25) is 4.79 Å². The van der Waals surface area contributed by atoms with Crippen LogP contribution in [0.5, 0.6) is 0 Å². The standard InChI is InChI=1S/C15H23N3O.C2H6/c1-6-13-16-14-12(18(13)10(2)3)8-7-11(15(14)19)9-17(4)5;1-2/h9-10H,6-8H2,1-5H3;1-2H3/b11-9-;. The minimum Gasteiger partial charge on any atom is -0.383 e. The Kier molecular flexibility index (Phi) is 6.19. The summed E-state index contributed by atoms with van der Waals surface area (Å²) < 4.78 is 2.24. The Morgan fingerprint density at radius 2 is 1.90 bits per heavy atom. The summed E-state index contributed by atoms with van der Waals surface area (Å²) in [6, 6.07) is 0.360. The third-order valence-electron chi connectivity index (χ3n) is 3.47. The summed E-state index contributed by atoms with van der Waals surface area (Å²) in [4.78, 5) is 19.0. The van der Waals surface area contributed by atoms with Gasteiger partial charge in [-0.1, -0.05) is 20.8 Å². The molecule has 0 unspecified atom stereocenters. The van der Waals surface area contributed by atoms with E-state index in [1.54, 1.807) is 0 Å². The number of ketones is 1. The van der Waals surface area contributed by atoms with E-state index >= 15 is 0 Å². The second kappa shape index (κ2) is 7.43. The van der Waals surface area contributed by atoms with Crippen LogP contribution in [0.15, 0.2) is 11.8 Å². The van der Waals surface area contributed by atoms with Gasteiger partial charge in [-0.15, -0.1) is 0 Å². The van der Waals surface area contributed by atoms with Gasteiger partial charge >= 0.3 is 0 Å². The molecular weight excluding hydrogens is 262 g/mol. The quantitative estimate of drug-likeness (QED) is 0.798. The number of carbonyl (C=O) groups excluding carboxylic acids is 1. The molecule has 1 aromatic rings. The Hall–Kier alpha value is -1.58. The summed E-state index contributed by atoms with van der Waals surface area (Å²) in [5, 5.41) is 0. The molecule has 0 bridgehead atoms. The molecule has 4 nitrogen and oxygen atoms in total. The molecule has 0 aliphatic heterocycles. The molecule has 1 aromatic heterocycles. The van der Waals surface area contributed by atoms with E-state index < -0.39 is 0 Å². The van der Waals surface area contributed by atoms with Crippen molar-refractivity contribution >= 4 is 5.78 Å². The van der Waals surface area contributed by atoms with Crippen LogP contribution < -0.4 is 0 Å². The van der Waals surface area contributed by atoms with Crippen molar-refractivity contribution in [3.8, 4) is 0 Å². The van der Waals surface area contributed by atoms with Crippen LogP contribution in [-0.2, 0) is 12.8 Å². The minimum absolute atomic E-state index is 0.101. The molecule has 1 aliphatic rings. The molecule has 21 heavy (non-hydrogen) atoms. The topological polar surface area (TPSA) is 38.1 Å². The number of rotatable bonds is 3. The highest BCUT2D eigenvalue weighted by molar-refractivity contribution is 6.09. The van der Waals surface area contributed by atoms with Crippen LogP contribution in [0, 0.1) is 0 Å². The fraction of sp³-hybridized carbons (Fsp3) is 0.647. The van der Waals surface area contributed by atoms with Crippen LogP contribution >= 0.6 is 0 Å². The molecule has 0 amide bonds. The zero-order chi connectivity index (χ0) is 16.2. The van der Waals surface area contributed by atoms with Gasteiger partial charge in [-0.05, 0) is 26.7 Å². The van der Waals surface area contributed by atoms with Gasteiger partial charge in [0, 0.05) is 44.0 Å². The largest absolute Gasteiger partial charge is 0.383 e. The average Bonchev–Trinajstić information content (AvgIpc) is 2.83. The SMILES string of the molecule is CC.CCc1nc2c(n1C(C)C)CC/C(=C/N(C)C)C2=O. The molecule has 0 atom stereocenters. The van der Waals surface area contributed by atoms with Gasteiger partial charge in [0.05, 0.1) is 0 Å². The van der Waals surface area contributed by atoms with Gasteiger partial charge in [-0.2, -0.15) is 0 Å². The first kappa shape index (κ1) is 17.5. The second-order valence-electron chi connectivity index (χ2n) is 5.59. The van der Waals surface area contributed by atoms with Crippen molar-refractivity contribution in [3.05, 3.63) is 29.0 Å². The lowest BCUT2D eigenvalue weighted by molar-refractivity contribution is 0.101. The number of carbonyl (C=O) groups is 1. The maximum absolute atomic E-state index is 12.5. The number of fused-ring (bicyclic) bond motifs is 1. The average molecular weight is 291 g/mol. The van der Waals surface area contributed by atoms with Gasteiger partial charge < -0.3 is 9.47 Å². The van der Waals surface area contributed by atoms with E-state index in [1.807, 2.05) is 39.0 Å². The second-order valence-corrected chi connectivity index (χ2v) is 5.59. The van der Waals surface area contributed by atoms with Gasteiger partial charge in [0.1, 0.15) is 11.5 Å². The summed E-state index contributed by atoms with van der Waals surface area (Å²) in [7, 11) is 3.89. The number of Topliss-reactive ketones (excluding diaryl/α,β-unsaturated/α-hetero) is 1. The molecule has 1 aliphatic carbocycles. The van der Waals surface area contributed by atoms with E-state index in [0.29, 0.717) is 11.7 Å². The molecule has 0 saturated heterocycles. The fourth-order valence-electron chi connectivity index (χ4n) is 2.75. The van der Waals surface area contributed by atoms with Crippen molar-refractivity contribution < 1.29 is 4.79 Å². The van der Waals surface area contributed by atoms with Crippen molar-refractivity contribution in [1.29, 1.82) is 0 Å². The van der Waals surface area contributed by atoms with Gasteiger partial charge in [0.2, 0.25) is 5.78 Å². The number of nitrogens with zero attached hydrogens (tertiary/aromatic N) is 3. The van der Waals surface area contributed by atoms with E-state index in [1.165, 1.54) is 0 Å². The Bertz CT molecular complexity index is 524. The zero-order valence-corrected chi connectivity index (χ0v) is 14.5. The molecule has 0 spiro atoms. The monoisotopic (exact) mass is 291 g/mol. The minimum atomic E-state index is 0.101. The third kappa shape index (κ3) is 3.55. The molecular formula is C17H29N3O. The third-order valence-corrected chi connectivity index (χ3v) is 3.47. The van der Waals surface area contributed by atoms with E-state index in [9.17, 15) is 4.79 Å². The predicted octanol–water partition coefficient (Wildman–Crippen LogP) is 3.63. The number of aromatic nitrogens is 2. The molecule has 1 heterocycles. The van der Waals surface area contributed by atoms with Crippen LogP contribution in [0.3, 0.4) is 0 Å². The number of aryl methyl sites for hydroxylation is 1. The van der Waals surface area contributed by atoms with Crippen molar-refractivity contribution in [2.24, 2.45) is 0 Å². The molecule has 0 fully saturated rings. The van der Waals surface area contributed by atoms with Gasteiger partial charge in [-0.25, -0.2) is 4.98 Å². The highest BCUT2D eigenvalue weighted by Crippen LogP contribution is 2.28. The molecule has 0 saturated carbocycles. The highest BCUT2D eigenvalue weighted by Gasteiger charge is 2.29. The Morgan fingerprint density at radius 3 is 2.38 bits per heavy atom. The molecule has 0 aromatic carbocycles. The maximum atomic E-state index is 12.5. The van der Waals surface area contributed by atoms with Crippen molar-refractivity contribution in [2.75, 3.05) is 14.1 Å². The van der Waals surface area contributed by atoms with Gasteiger partial charge in [0.25, 0.3) is 0 Å². The summed E-state index contributed by atoms with van der Waals surface area (Å²) >= 11 is 0. The maximum Gasteiger partial charge on any atom is 0.210 e. The van der Waals surface area contributed by atoms with Crippen LogP contribution in [0.2, 0.25) is 0 Å². The lowest BCUT2D eigenvalue weighted by Crippen LogP contribution is -2.19. The van der Waals surface area contributed by atoms with Crippen LogP contribution in [0.1, 0.15) is 69.1 Å². The van der Waals surface area contributed by atoms with E-state index in [0.717, 1.165) is 36.4 Å². The normalized spacial score (nSPS) is 15.8. The highest BCUT2D eigenvalue weighted by atomic mass is 16.1. The Morgan fingerprint density at radius 1 is 1.29 bits per heavy atom. The zero-order valence-electron chi connectivity index (χ0n) is 14.5. The van der Waals surface area contributed by atoms with Gasteiger partial charge in [0.15, 0.2) is 0 Å². The Balaban J connectivity index is 0.00000106. The first-order valence-corrected chi connectivity index (χ1v) is 7.97. The molecule has 0 radical (unpaired) electrons. The van der Waals surface area contributed by atoms with Crippen molar-refractivity contribution in [2.45, 2.75) is 59.9 Å². The van der Waals surface area contributed by atoms with Crippen molar-refractivity contribution in [3.63, 3.8) is 0 Å². The molecule has 4 heteroatoms. The summed E-state index contributed by atoms with van der Waals surface area (Å²) in [5.41, 5.74) is 2.66. The summed E-state index contributed by atoms with van der Waals surface area (Å²) in [6.45, 7) is 10.4. The Labute approximate surface area is 128 Å². The summed E-state index contributed by atoms with van der Waals surface area (Å²) in [5.74, 6) is 1.13. The first-order chi connectivity index (χ1) is 9.95. The number of imidazole rings is 1. The number of hydrogen-bond donors (Lipinski definition) is 0. The summed E-state index contributed by atoms with van der Waals surface area (Å²) in [6.07, 6.45) is 4.51. The molecule has 2 rings (SSSR count). The van der Waals surface area contributed by atoms with Crippen molar-refractivity contribution in [1.82, 2.24) is 14.5 Å². The first-order valence-electron chi connectivity index (χ1n) is 7.97.